The third kappa shape index (κ3) is 3.78. The Morgan fingerprint density at radius 1 is 0.852 bits per heavy atom. The number of aromatic amines is 1. The molecule has 27 heavy (non-hydrogen) atoms. The van der Waals surface area contributed by atoms with Gasteiger partial charge >= 0.3 is 0 Å². The van der Waals surface area contributed by atoms with Gasteiger partial charge in [0, 0.05) is 15.3 Å². The van der Waals surface area contributed by atoms with Crippen LogP contribution in [-0.2, 0) is 0 Å². The molecule has 1 heterocycles. The number of carbonyl (C=O) groups excluding carboxylic acids is 1. The molecule has 0 saturated heterocycles. The number of para-hydroxylation sites is 2. The van der Waals surface area contributed by atoms with E-state index in [1.54, 1.807) is 17.8 Å². The Kier molecular flexibility index (Phi) is 4.77. The van der Waals surface area contributed by atoms with Gasteiger partial charge in [0.05, 0.1) is 5.69 Å². The summed E-state index contributed by atoms with van der Waals surface area (Å²) in [6.45, 7) is 0. The molecule has 2 N–H and O–H groups in total. The second kappa shape index (κ2) is 7.51. The van der Waals surface area contributed by atoms with Crippen LogP contribution in [0.2, 0.25) is 0 Å². The minimum Gasteiger partial charge on any atom is -0.321 e. The Morgan fingerprint density at radius 3 is 2.41 bits per heavy atom. The lowest BCUT2D eigenvalue weighted by Gasteiger charge is -2.11. The first-order chi connectivity index (χ1) is 13.2. The second-order valence-electron chi connectivity index (χ2n) is 5.96. The molecule has 0 unspecified atom stereocenters. The van der Waals surface area contributed by atoms with Crippen molar-refractivity contribution in [1.82, 2.24) is 4.98 Å². The number of carbonyl (C=O) groups is 1. The van der Waals surface area contributed by atoms with Gasteiger partial charge < -0.3 is 10.3 Å². The molecule has 4 rings (SSSR count). The van der Waals surface area contributed by atoms with E-state index in [1.807, 2.05) is 78.9 Å². The number of hydrogen-bond acceptors (Lipinski definition) is 3. The Morgan fingerprint density at radius 2 is 1.56 bits per heavy atom. The van der Waals surface area contributed by atoms with Crippen molar-refractivity contribution in [3.05, 3.63) is 101 Å². The summed E-state index contributed by atoms with van der Waals surface area (Å²) in [7, 11) is 0. The maximum atomic E-state index is 12.7. The van der Waals surface area contributed by atoms with Gasteiger partial charge in [0.25, 0.3) is 11.5 Å². The molecule has 0 saturated carbocycles. The highest BCUT2D eigenvalue weighted by molar-refractivity contribution is 7.99. The van der Waals surface area contributed by atoms with Gasteiger partial charge in [-0.05, 0) is 41.8 Å². The second-order valence-corrected chi connectivity index (χ2v) is 7.08. The fourth-order valence-corrected chi connectivity index (χ4v) is 3.70. The van der Waals surface area contributed by atoms with E-state index in [1.165, 1.54) is 0 Å². The Hall–Kier alpha value is -3.31. The van der Waals surface area contributed by atoms with Crippen molar-refractivity contribution in [2.24, 2.45) is 0 Å². The molecule has 1 amide bonds. The average Bonchev–Trinajstić information content (AvgIpc) is 2.69. The van der Waals surface area contributed by atoms with Crippen LogP contribution in [0.1, 0.15) is 10.4 Å². The molecule has 4 aromatic rings. The number of H-pyrrole nitrogens is 1. The maximum absolute atomic E-state index is 12.7. The van der Waals surface area contributed by atoms with E-state index in [-0.39, 0.29) is 5.56 Å². The van der Waals surface area contributed by atoms with Crippen molar-refractivity contribution >= 4 is 34.3 Å². The normalized spacial score (nSPS) is 10.7. The summed E-state index contributed by atoms with van der Waals surface area (Å²) >= 11 is 1.56. The highest BCUT2D eigenvalue weighted by Crippen LogP contribution is 2.33. The molecule has 0 atom stereocenters. The number of anilines is 1. The lowest BCUT2D eigenvalue weighted by atomic mass is 10.1. The SMILES string of the molecule is O=C(Nc1ccccc1Sc1ccccc1)c1cc2ccccc2[nH]c1=O. The Labute approximate surface area is 160 Å². The molecule has 0 aliphatic carbocycles. The zero-order valence-corrected chi connectivity index (χ0v) is 15.1. The van der Waals surface area contributed by atoms with Gasteiger partial charge in [0.15, 0.2) is 0 Å². The number of amides is 1. The topological polar surface area (TPSA) is 62.0 Å². The molecule has 132 valence electrons. The van der Waals surface area contributed by atoms with Crippen molar-refractivity contribution < 1.29 is 4.79 Å². The van der Waals surface area contributed by atoms with Gasteiger partial charge in [0.1, 0.15) is 5.56 Å². The highest BCUT2D eigenvalue weighted by atomic mass is 32.2. The fourth-order valence-electron chi connectivity index (χ4n) is 2.78. The predicted octanol–water partition coefficient (Wildman–Crippen LogP) is 4.93. The molecule has 0 aliphatic heterocycles. The zero-order chi connectivity index (χ0) is 18.6. The molecule has 5 heteroatoms. The van der Waals surface area contributed by atoms with Crippen LogP contribution in [0.5, 0.6) is 0 Å². The van der Waals surface area contributed by atoms with E-state index in [0.29, 0.717) is 11.2 Å². The Bertz CT molecular complexity index is 1170. The first kappa shape index (κ1) is 17.1. The van der Waals surface area contributed by atoms with E-state index in [9.17, 15) is 9.59 Å². The van der Waals surface area contributed by atoms with Gasteiger partial charge in [-0.25, -0.2) is 0 Å². The van der Waals surface area contributed by atoms with Crippen LogP contribution in [0.3, 0.4) is 0 Å². The first-order valence-corrected chi connectivity index (χ1v) is 9.28. The molecule has 0 spiro atoms. The highest BCUT2D eigenvalue weighted by Gasteiger charge is 2.14. The zero-order valence-electron chi connectivity index (χ0n) is 14.3. The number of fused-ring (bicyclic) bond motifs is 1. The monoisotopic (exact) mass is 372 g/mol. The van der Waals surface area contributed by atoms with Crippen molar-refractivity contribution in [2.75, 3.05) is 5.32 Å². The number of hydrogen-bond donors (Lipinski definition) is 2. The predicted molar refractivity (Wildman–Crippen MR) is 110 cm³/mol. The van der Waals surface area contributed by atoms with Crippen LogP contribution in [0.4, 0.5) is 5.69 Å². The molecule has 0 bridgehead atoms. The quantitative estimate of drug-likeness (QED) is 0.534. The van der Waals surface area contributed by atoms with Crippen molar-refractivity contribution in [3.63, 3.8) is 0 Å². The first-order valence-electron chi connectivity index (χ1n) is 8.46. The molecule has 4 nitrogen and oxygen atoms in total. The van der Waals surface area contributed by atoms with Crippen LogP contribution >= 0.6 is 11.8 Å². The van der Waals surface area contributed by atoms with Crippen molar-refractivity contribution in [3.8, 4) is 0 Å². The van der Waals surface area contributed by atoms with E-state index in [0.717, 1.165) is 15.2 Å². The van der Waals surface area contributed by atoms with Crippen LogP contribution in [0, 0.1) is 0 Å². The summed E-state index contributed by atoms with van der Waals surface area (Å²) < 4.78 is 0. The summed E-state index contributed by atoms with van der Waals surface area (Å²) in [5.74, 6) is -0.428. The van der Waals surface area contributed by atoms with Gasteiger partial charge in [-0.1, -0.05) is 60.3 Å². The number of nitrogens with one attached hydrogen (secondary N) is 2. The Balaban J connectivity index is 1.64. The number of benzene rings is 3. The number of pyridine rings is 1. The van der Waals surface area contributed by atoms with E-state index >= 15 is 0 Å². The van der Waals surface area contributed by atoms with Crippen LogP contribution in [0.25, 0.3) is 10.9 Å². The van der Waals surface area contributed by atoms with E-state index in [4.69, 9.17) is 0 Å². The molecule has 0 radical (unpaired) electrons. The largest absolute Gasteiger partial charge is 0.321 e. The molecular formula is C22H16N2O2S. The van der Waals surface area contributed by atoms with E-state index in [2.05, 4.69) is 10.3 Å². The third-order valence-electron chi connectivity index (χ3n) is 4.10. The standard InChI is InChI=1S/C22H16N2O2S/c25-21-17(14-15-8-4-5-11-18(15)23-21)22(26)24-19-12-6-7-13-20(19)27-16-9-2-1-3-10-16/h1-14H,(H,23,25)(H,24,26). The fraction of sp³-hybridized carbons (Fsp3) is 0. The summed E-state index contributed by atoms with van der Waals surface area (Å²) in [6.07, 6.45) is 0. The smallest absolute Gasteiger partial charge is 0.261 e. The molecular weight excluding hydrogens is 356 g/mol. The summed E-state index contributed by atoms with van der Waals surface area (Å²) in [4.78, 5) is 29.8. The van der Waals surface area contributed by atoms with Crippen molar-refractivity contribution in [2.45, 2.75) is 9.79 Å². The molecule has 0 fully saturated rings. The van der Waals surface area contributed by atoms with Crippen LogP contribution in [0.15, 0.2) is 99.5 Å². The summed E-state index contributed by atoms with van der Waals surface area (Å²) in [6, 6.07) is 26.5. The molecule has 0 aliphatic rings. The minimum absolute atomic E-state index is 0.0909. The third-order valence-corrected chi connectivity index (χ3v) is 5.19. The van der Waals surface area contributed by atoms with Gasteiger partial charge in [-0.2, -0.15) is 0 Å². The lowest BCUT2D eigenvalue weighted by molar-refractivity contribution is 0.102. The lowest BCUT2D eigenvalue weighted by Crippen LogP contribution is -2.23. The van der Waals surface area contributed by atoms with Gasteiger partial charge in [-0.15, -0.1) is 0 Å². The van der Waals surface area contributed by atoms with Crippen molar-refractivity contribution in [1.29, 1.82) is 0 Å². The summed E-state index contributed by atoms with van der Waals surface area (Å²) in [5, 5.41) is 3.69. The number of rotatable bonds is 4. The molecule has 1 aromatic heterocycles. The minimum atomic E-state index is -0.428. The number of aromatic nitrogens is 1. The van der Waals surface area contributed by atoms with Crippen LogP contribution < -0.4 is 10.9 Å². The van der Waals surface area contributed by atoms with Gasteiger partial charge in [0.2, 0.25) is 0 Å². The average molecular weight is 372 g/mol. The van der Waals surface area contributed by atoms with E-state index < -0.39 is 11.5 Å². The van der Waals surface area contributed by atoms with Crippen LogP contribution in [-0.4, -0.2) is 10.9 Å². The molecule has 3 aromatic carbocycles. The maximum Gasteiger partial charge on any atom is 0.261 e. The van der Waals surface area contributed by atoms with Gasteiger partial charge in [-0.3, -0.25) is 9.59 Å². The summed E-state index contributed by atoms with van der Waals surface area (Å²) in [5.41, 5.74) is 1.07.